The lowest BCUT2D eigenvalue weighted by Gasteiger charge is -2.33. The first-order valence-corrected chi connectivity index (χ1v) is 9.11. The van der Waals surface area contributed by atoms with Gasteiger partial charge in [0.25, 0.3) is 0 Å². The van der Waals surface area contributed by atoms with Crippen molar-refractivity contribution in [1.82, 2.24) is 10.2 Å². The average Bonchev–Trinajstić information content (AvgIpc) is 3.43. The van der Waals surface area contributed by atoms with Crippen molar-refractivity contribution in [2.45, 2.75) is 44.2 Å². The molecule has 24 heavy (non-hydrogen) atoms. The third-order valence-corrected chi connectivity index (χ3v) is 4.90. The standard InChI is InChI=1S/C19H28N2O3/c22-18(19(23)20-16-7-8-16)15-9-12-21(13-10-15)11-4-14-24-17-5-2-1-3-6-17/h1-3,5-6,15-16,18,22H,4,7-14H2,(H,20,23)/t18-/m1/s1. The molecule has 2 N–H and O–H groups in total. The van der Waals surface area contributed by atoms with E-state index in [2.05, 4.69) is 10.2 Å². The van der Waals surface area contributed by atoms with Crippen LogP contribution < -0.4 is 10.1 Å². The second-order valence-electron chi connectivity index (χ2n) is 6.92. The van der Waals surface area contributed by atoms with Crippen LogP contribution in [0.15, 0.2) is 30.3 Å². The van der Waals surface area contributed by atoms with Crippen molar-refractivity contribution in [2.24, 2.45) is 5.92 Å². The highest BCUT2D eigenvalue weighted by Crippen LogP contribution is 2.23. The Morgan fingerprint density at radius 2 is 1.92 bits per heavy atom. The molecule has 1 aromatic carbocycles. The largest absolute Gasteiger partial charge is 0.494 e. The van der Waals surface area contributed by atoms with E-state index in [4.69, 9.17) is 4.74 Å². The number of likely N-dealkylation sites (tertiary alicyclic amines) is 1. The minimum Gasteiger partial charge on any atom is -0.494 e. The number of amides is 1. The first kappa shape index (κ1) is 17.2. The molecule has 3 rings (SSSR count). The molecular weight excluding hydrogens is 304 g/mol. The van der Waals surface area contributed by atoms with Gasteiger partial charge < -0.3 is 20.1 Å². The van der Waals surface area contributed by atoms with Gasteiger partial charge in [-0.25, -0.2) is 0 Å². The topological polar surface area (TPSA) is 61.8 Å². The van der Waals surface area contributed by atoms with Crippen LogP contribution in [0.4, 0.5) is 0 Å². The smallest absolute Gasteiger partial charge is 0.249 e. The normalized spacial score (nSPS) is 20.5. The van der Waals surface area contributed by atoms with Gasteiger partial charge in [0.1, 0.15) is 11.9 Å². The molecule has 0 bridgehead atoms. The highest BCUT2D eigenvalue weighted by Gasteiger charge is 2.32. The number of nitrogens with one attached hydrogen (secondary N) is 1. The molecule has 1 saturated heterocycles. The van der Waals surface area contributed by atoms with Crippen LogP contribution in [0, 0.1) is 5.92 Å². The highest BCUT2D eigenvalue weighted by atomic mass is 16.5. The van der Waals surface area contributed by atoms with E-state index in [1.54, 1.807) is 0 Å². The number of para-hydroxylation sites is 1. The van der Waals surface area contributed by atoms with Crippen molar-refractivity contribution in [2.75, 3.05) is 26.2 Å². The molecular formula is C19H28N2O3. The highest BCUT2D eigenvalue weighted by molar-refractivity contribution is 5.81. The number of rotatable bonds is 8. The Bertz CT molecular complexity index is 511. The first-order chi connectivity index (χ1) is 11.7. The van der Waals surface area contributed by atoms with Gasteiger partial charge in [0.15, 0.2) is 0 Å². The molecule has 0 aromatic heterocycles. The third-order valence-electron chi connectivity index (χ3n) is 4.90. The summed E-state index contributed by atoms with van der Waals surface area (Å²) >= 11 is 0. The molecule has 1 aliphatic heterocycles. The SMILES string of the molecule is O=C(NC1CC1)[C@H](O)C1CCN(CCCOc2ccccc2)CC1. The quantitative estimate of drug-likeness (QED) is 0.713. The molecule has 1 saturated carbocycles. The predicted molar refractivity (Wildman–Crippen MR) is 92.9 cm³/mol. The molecule has 1 aromatic rings. The Labute approximate surface area is 144 Å². The minimum atomic E-state index is -0.839. The number of carbonyl (C=O) groups excluding carboxylic acids is 1. The number of ether oxygens (including phenoxy) is 1. The van der Waals surface area contributed by atoms with E-state index < -0.39 is 6.10 Å². The fourth-order valence-corrected chi connectivity index (χ4v) is 3.22. The van der Waals surface area contributed by atoms with E-state index in [0.29, 0.717) is 6.04 Å². The summed E-state index contributed by atoms with van der Waals surface area (Å²) in [6, 6.07) is 10.2. The third kappa shape index (κ3) is 5.21. The fraction of sp³-hybridized carbons (Fsp3) is 0.632. The first-order valence-electron chi connectivity index (χ1n) is 9.11. The fourth-order valence-electron chi connectivity index (χ4n) is 3.22. The van der Waals surface area contributed by atoms with Crippen LogP contribution in [0.3, 0.4) is 0 Å². The maximum atomic E-state index is 11.9. The van der Waals surface area contributed by atoms with Crippen molar-refractivity contribution in [3.8, 4) is 5.75 Å². The van der Waals surface area contributed by atoms with E-state index in [9.17, 15) is 9.90 Å². The summed E-state index contributed by atoms with van der Waals surface area (Å²) in [5, 5.41) is 13.1. The number of benzene rings is 1. The lowest BCUT2D eigenvalue weighted by molar-refractivity contribution is -0.133. The van der Waals surface area contributed by atoms with Gasteiger partial charge in [-0.1, -0.05) is 18.2 Å². The monoisotopic (exact) mass is 332 g/mol. The second kappa shape index (κ2) is 8.49. The number of aliphatic hydroxyl groups is 1. The Balaban J connectivity index is 1.29. The molecule has 132 valence electrons. The van der Waals surface area contributed by atoms with Crippen molar-refractivity contribution in [1.29, 1.82) is 0 Å². The van der Waals surface area contributed by atoms with Crippen molar-refractivity contribution >= 4 is 5.91 Å². The molecule has 1 heterocycles. The van der Waals surface area contributed by atoms with Crippen LogP contribution in [-0.4, -0.2) is 54.3 Å². The second-order valence-corrected chi connectivity index (χ2v) is 6.92. The molecule has 1 atom stereocenters. The van der Waals surface area contributed by atoms with Crippen LogP contribution in [-0.2, 0) is 4.79 Å². The molecule has 1 aliphatic carbocycles. The summed E-state index contributed by atoms with van der Waals surface area (Å²) in [6.07, 6.45) is 4.04. The molecule has 0 radical (unpaired) electrons. The van der Waals surface area contributed by atoms with E-state index in [1.807, 2.05) is 30.3 Å². The van der Waals surface area contributed by atoms with Crippen LogP contribution in [0.5, 0.6) is 5.75 Å². The summed E-state index contributed by atoms with van der Waals surface area (Å²) in [6.45, 7) is 3.62. The van der Waals surface area contributed by atoms with Gasteiger partial charge >= 0.3 is 0 Å². The lowest BCUT2D eigenvalue weighted by Crippen LogP contribution is -2.45. The molecule has 0 unspecified atom stereocenters. The zero-order valence-electron chi connectivity index (χ0n) is 14.2. The van der Waals surface area contributed by atoms with Gasteiger partial charge in [0.2, 0.25) is 5.91 Å². The van der Waals surface area contributed by atoms with Crippen LogP contribution in [0.25, 0.3) is 0 Å². The van der Waals surface area contributed by atoms with Gasteiger partial charge in [-0.05, 0) is 63.2 Å². The molecule has 2 fully saturated rings. The molecule has 0 spiro atoms. The average molecular weight is 332 g/mol. The maximum Gasteiger partial charge on any atom is 0.249 e. The van der Waals surface area contributed by atoms with Gasteiger partial charge in [0.05, 0.1) is 6.61 Å². The molecule has 2 aliphatic rings. The maximum absolute atomic E-state index is 11.9. The van der Waals surface area contributed by atoms with E-state index in [1.165, 1.54) is 0 Å². The van der Waals surface area contributed by atoms with Gasteiger partial charge in [-0.3, -0.25) is 4.79 Å². The van der Waals surface area contributed by atoms with Gasteiger partial charge in [-0.15, -0.1) is 0 Å². The Morgan fingerprint density at radius 3 is 2.58 bits per heavy atom. The predicted octanol–water partition coefficient (Wildman–Crippen LogP) is 1.81. The van der Waals surface area contributed by atoms with Gasteiger partial charge in [0, 0.05) is 12.6 Å². The molecule has 5 nitrogen and oxygen atoms in total. The summed E-state index contributed by atoms with van der Waals surface area (Å²) < 4.78 is 5.71. The van der Waals surface area contributed by atoms with Crippen LogP contribution in [0.2, 0.25) is 0 Å². The zero-order valence-corrected chi connectivity index (χ0v) is 14.2. The Kier molecular flexibility index (Phi) is 6.10. The van der Waals surface area contributed by atoms with Crippen molar-refractivity contribution in [3.05, 3.63) is 30.3 Å². The number of piperidine rings is 1. The number of hydrogen-bond acceptors (Lipinski definition) is 4. The number of hydrogen-bond donors (Lipinski definition) is 2. The molecule has 5 heteroatoms. The number of nitrogens with zero attached hydrogens (tertiary/aromatic N) is 1. The Morgan fingerprint density at radius 1 is 1.21 bits per heavy atom. The summed E-state index contributed by atoms with van der Waals surface area (Å²) in [7, 11) is 0. The molecule has 1 amide bonds. The zero-order chi connectivity index (χ0) is 16.8. The van der Waals surface area contributed by atoms with E-state index in [-0.39, 0.29) is 11.8 Å². The summed E-state index contributed by atoms with van der Waals surface area (Å²) in [5.41, 5.74) is 0. The van der Waals surface area contributed by atoms with Crippen molar-refractivity contribution < 1.29 is 14.6 Å². The van der Waals surface area contributed by atoms with Crippen LogP contribution in [0.1, 0.15) is 32.1 Å². The van der Waals surface area contributed by atoms with E-state index >= 15 is 0 Å². The number of carbonyl (C=O) groups is 1. The Hall–Kier alpha value is -1.59. The van der Waals surface area contributed by atoms with Gasteiger partial charge in [-0.2, -0.15) is 0 Å². The number of aliphatic hydroxyl groups excluding tert-OH is 1. The summed E-state index contributed by atoms with van der Waals surface area (Å²) in [5.74, 6) is 0.841. The summed E-state index contributed by atoms with van der Waals surface area (Å²) in [4.78, 5) is 14.3. The van der Waals surface area contributed by atoms with E-state index in [0.717, 1.165) is 64.1 Å². The van der Waals surface area contributed by atoms with Crippen LogP contribution >= 0.6 is 0 Å². The minimum absolute atomic E-state index is 0.0977. The van der Waals surface area contributed by atoms with Crippen molar-refractivity contribution in [3.63, 3.8) is 0 Å². The lowest BCUT2D eigenvalue weighted by atomic mass is 9.90.